The molecule has 0 aromatic carbocycles. The molecular formula is C13H17N3OS. The number of aryl methyl sites for hydroxylation is 2. The lowest BCUT2D eigenvalue weighted by atomic mass is 10.2. The zero-order valence-corrected chi connectivity index (χ0v) is 11.7. The zero-order chi connectivity index (χ0) is 13.0. The lowest BCUT2D eigenvalue weighted by Gasteiger charge is -2.07. The molecule has 4 nitrogen and oxygen atoms in total. The third-order valence-electron chi connectivity index (χ3n) is 2.71. The first-order valence-corrected chi connectivity index (χ1v) is 6.64. The number of nitrogens with zero attached hydrogens (tertiary/aromatic N) is 2. The van der Waals surface area contributed by atoms with E-state index in [2.05, 4.69) is 22.2 Å². The number of ether oxygens (including phenoxy) is 1. The number of rotatable bonds is 5. The van der Waals surface area contributed by atoms with E-state index in [1.54, 1.807) is 24.6 Å². The van der Waals surface area contributed by atoms with Crippen molar-refractivity contribution in [1.29, 1.82) is 0 Å². The van der Waals surface area contributed by atoms with Gasteiger partial charge < -0.3 is 10.1 Å². The largest absolute Gasteiger partial charge is 0.481 e. The molecule has 2 rings (SSSR count). The van der Waals surface area contributed by atoms with Crippen molar-refractivity contribution in [3.05, 3.63) is 39.5 Å². The molecule has 1 N–H and O–H groups in total. The van der Waals surface area contributed by atoms with Crippen LogP contribution in [0.3, 0.4) is 0 Å². The van der Waals surface area contributed by atoms with E-state index in [0.717, 1.165) is 29.4 Å². The van der Waals surface area contributed by atoms with Crippen LogP contribution in [0.4, 0.5) is 0 Å². The summed E-state index contributed by atoms with van der Waals surface area (Å²) < 4.78 is 5.21. The maximum atomic E-state index is 5.21. The highest BCUT2D eigenvalue weighted by atomic mass is 32.1. The van der Waals surface area contributed by atoms with Gasteiger partial charge in [-0.05, 0) is 19.9 Å². The molecule has 0 bridgehead atoms. The maximum absolute atomic E-state index is 5.21. The van der Waals surface area contributed by atoms with Crippen LogP contribution in [-0.4, -0.2) is 17.1 Å². The van der Waals surface area contributed by atoms with Crippen LogP contribution in [0, 0.1) is 13.8 Å². The Hall–Kier alpha value is -1.46. The lowest BCUT2D eigenvalue weighted by molar-refractivity contribution is 0.390. The summed E-state index contributed by atoms with van der Waals surface area (Å²) in [7, 11) is 1.64. The molecular weight excluding hydrogens is 246 g/mol. The van der Waals surface area contributed by atoms with Crippen molar-refractivity contribution < 1.29 is 4.74 Å². The van der Waals surface area contributed by atoms with Crippen molar-refractivity contribution in [1.82, 2.24) is 15.3 Å². The number of hydrogen-bond donors (Lipinski definition) is 1. The van der Waals surface area contributed by atoms with Gasteiger partial charge in [0.05, 0.1) is 12.8 Å². The third-order valence-corrected chi connectivity index (χ3v) is 3.78. The molecule has 2 heterocycles. The molecule has 0 fully saturated rings. The predicted octanol–water partition coefficient (Wildman–Crippen LogP) is 2.45. The fraction of sp³-hybridized carbons (Fsp3) is 0.385. The SMILES string of the molecule is COc1ncccc1CNCc1nc(C)c(C)s1. The molecule has 0 saturated heterocycles. The van der Waals surface area contributed by atoms with Crippen molar-refractivity contribution in [2.24, 2.45) is 0 Å². The van der Waals surface area contributed by atoms with E-state index in [1.807, 2.05) is 19.1 Å². The number of pyridine rings is 1. The molecule has 0 amide bonds. The molecule has 96 valence electrons. The van der Waals surface area contributed by atoms with Gasteiger partial charge in [-0.25, -0.2) is 9.97 Å². The zero-order valence-electron chi connectivity index (χ0n) is 10.9. The van der Waals surface area contributed by atoms with Crippen LogP contribution in [0.25, 0.3) is 0 Å². The molecule has 0 unspecified atom stereocenters. The molecule has 0 radical (unpaired) electrons. The number of hydrogen-bond acceptors (Lipinski definition) is 5. The first-order valence-electron chi connectivity index (χ1n) is 5.82. The summed E-state index contributed by atoms with van der Waals surface area (Å²) in [6.45, 7) is 5.65. The van der Waals surface area contributed by atoms with E-state index in [4.69, 9.17) is 4.74 Å². The first kappa shape index (κ1) is 13.0. The van der Waals surface area contributed by atoms with E-state index >= 15 is 0 Å². The van der Waals surface area contributed by atoms with Gasteiger partial charge in [-0.1, -0.05) is 6.07 Å². The first-order chi connectivity index (χ1) is 8.70. The Morgan fingerprint density at radius 2 is 2.17 bits per heavy atom. The van der Waals surface area contributed by atoms with Crippen LogP contribution in [0.5, 0.6) is 5.88 Å². The molecule has 0 aliphatic rings. The summed E-state index contributed by atoms with van der Waals surface area (Å²) in [4.78, 5) is 9.94. The van der Waals surface area contributed by atoms with Gasteiger partial charge in [0.1, 0.15) is 5.01 Å². The van der Waals surface area contributed by atoms with Crippen molar-refractivity contribution >= 4 is 11.3 Å². The molecule has 0 aliphatic heterocycles. The second-order valence-corrected chi connectivity index (χ2v) is 5.31. The quantitative estimate of drug-likeness (QED) is 0.900. The highest BCUT2D eigenvalue weighted by Gasteiger charge is 2.05. The molecule has 0 spiro atoms. The molecule has 18 heavy (non-hydrogen) atoms. The van der Waals surface area contributed by atoms with E-state index in [-0.39, 0.29) is 0 Å². The number of methoxy groups -OCH3 is 1. The highest BCUT2D eigenvalue weighted by molar-refractivity contribution is 7.11. The van der Waals surface area contributed by atoms with E-state index in [9.17, 15) is 0 Å². The molecule has 0 saturated carbocycles. The van der Waals surface area contributed by atoms with E-state index in [0.29, 0.717) is 5.88 Å². The van der Waals surface area contributed by atoms with Gasteiger partial charge >= 0.3 is 0 Å². The Balaban J connectivity index is 1.92. The normalized spacial score (nSPS) is 10.6. The van der Waals surface area contributed by atoms with Crippen molar-refractivity contribution in [3.63, 3.8) is 0 Å². The van der Waals surface area contributed by atoms with Gasteiger partial charge in [0.2, 0.25) is 5.88 Å². The molecule has 0 atom stereocenters. The standard InChI is InChI=1S/C13H17N3OS/c1-9-10(2)18-12(16-9)8-14-7-11-5-4-6-15-13(11)17-3/h4-6,14H,7-8H2,1-3H3. The molecule has 0 aliphatic carbocycles. The van der Waals surface area contributed by atoms with Crippen LogP contribution in [0.1, 0.15) is 21.1 Å². The summed E-state index contributed by atoms with van der Waals surface area (Å²) in [5.41, 5.74) is 2.18. The molecule has 5 heteroatoms. The maximum Gasteiger partial charge on any atom is 0.217 e. The van der Waals surface area contributed by atoms with Crippen LogP contribution >= 0.6 is 11.3 Å². The summed E-state index contributed by atoms with van der Waals surface area (Å²) in [6, 6.07) is 3.93. The van der Waals surface area contributed by atoms with Gasteiger partial charge in [0.15, 0.2) is 0 Å². The van der Waals surface area contributed by atoms with Crippen LogP contribution < -0.4 is 10.1 Å². The average molecular weight is 263 g/mol. The fourth-order valence-electron chi connectivity index (χ4n) is 1.66. The highest BCUT2D eigenvalue weighted by Crippen LogP contribution is 2.17. The predicted molar refractivity (Wildman–Crippen MR) is 72.9 cm³/mol. The summed E-state index contributed by atoms with van der Waals surface area (Å²) in [5.74, 6) is 0.677. The number of nitrogens with one attached hydrogen (secondary N) is 1. The van der Waals surface area contributed by atoms with Gasteiger partial charge in [-0.15, -0.1) is 11.3 Å². The van der Waals surface area contributed by atoms with Crippen LogP contribution in [-0.2, 0) is 13.1 Å². The summed E-state index contributed by atoms with van der Waals surface area (Å²) in [5, 5.41) is 4.48. The van der Waals surface area contributed by atoms with Gasteiger partial charge in [-0.3, -0.25) is 0 Å². The molecule has 2 aromatic rings. The third kappa shape index (κ3) is 3.05. The van der Waals surface area contributed by atoms with Gasteiger partial charge in [0, 0.05) is 29.7 Å². The monoisotopic (exact) mass is 263 g/mol. The fourth-order valence-corrected chi connectivity index (χ4v) is 2.56. The van der Waals surface area contributed by atoms with E-state index < -0.39 is 0 Å². The minimum atomic E-state index is 0.677. The second-order valence-electron chi connectivity index (χ2n) is 4.02. The topological polar surface area (TPSA) is 47.0 Å². The van der Waals surface area contributed by atoms with Crippen molar-refractivity contribution in [2.45, 2.75) is 26.9 Å². The summed E-state index contributed by atoms with van der Waals surface area (Å²) >= 11 is 1.74. The smallest absolute Gasteiger partial charge is 0.217 e. The van der Waals surface area contributed by atoms with Crippen LogP contribution in [0.15, 0.2) is 18.3 Å². The number of aromatic nitrogens is 2. The van der Waals surface area contributed by atoms with Crippen LogP contribution in [0.2, 0.25) is 0 Å². The lowest BCUT2D eigenvalue weighted by Crippen LogP contribution is -2.13. The Morgan fingerprint density at radius 1 is 1.33 bits per heavy atom. The van der Waals surface area contributed by atoms with Crippen molar-refractivity contribution in [3.8, 4) is 5.88 Å². The van der Waals surface area contributed by atoms with Gasteiger partial charge in [-0.2, -0.15) is 0 Å². The minimum absolute atomic E-state index is 0.677. The summed E-state index contributed by atoms with van der Waals surface area (Å²) in [6.07, 6.45) is 1.73. The van der Waals surface area contributed by atoms with Gasteiger partial charge in [0.25, 0.3) is 0 Å². The Labute approximate surface area is 111 Å². The Kier molecular flexibility index (Phi) is 4.28. The minimum Gasteiger partial charge on any atom is -0.481 e. The number of thiazole rings is 1. The van der Waals surface area contributed by atoms with Crippen molar-refractivity contribution in [2.75, 3.05) is 7.11 Å². The Bertz CT molecular complexity index is 505. The second kappa shape index (κ2) is 5.93. The average Bonchev–Trinajstić information content (AvgIpc) is 2.69. The molecule has 2 aromatic heterocycles. The van der Waals surface area contributed by atoms with E-state index in [1.165, 1.54) is 4.88 Å². The Morgan fingerprint density at radius 3 is 2.83 bits per heavy atom.